The minimum atomic E-state index is 0.0169. The molecule has 0 atom stereocenters. The van der Waals surface area contributed by atoms with Gasteiger partial charge in [0.1, 0.15) is 11.5 Å². The van der Waals surface area contributed by atoms with Gasteiger partial charge in [0.15, 0.2) is 0 Å². The molecule has 0 aliphatic rings. The van der Waals surface area contributed by atoms with Crippen molar-refractivity contribution in [2.75, 3.05) is 0 Å². The van der Waals surface area contributed by atoms with Gasteiger partial charge >= 0.3 is 0 Å². The number of para-hydroxylation sites is 1. The van der Waals surface area contributed by atoms with Gasteiger partial charge in [0.2, 0.25) is 0 Å². The van der Waals surface area contributed by atoms with E-state index in [0.29, 0.717) is 5.02 Å². The van der Waals surface area contributed by atoms with E-state index in [-0.39, 0.29) is 10.8 Å². The van der Waals surface area contributed by atoms with Crippen molar-refractivity contribution in [2.24, 2.45) is 0 Å². The highest BCUT2D eigenvalue weighted by molar-refractivity contribution is 6.30. The molecule has 0 saturated carbocycles. The summed E-state index contributed by atoms with van der Waals surface area (Å²) in [6.07, 6.45) is 0. The van der Waals surface area contributed by atoms with E-state index in [1.165, 1.54) is 11.1 Å². The highest BCUT2D eigenvalue weighted by atomic mass is 35.5. The Labute approximate surface area is 139 Å². The molecule has 118 valence electrons. The van der Waals surface area contributed by atoms with Gasteiger partial charge in [0, 0.05) is 16.1 Å². The summed E-state index contributed by atoms with van der Waals surface area (Å²) in [6.45, 7) is 13.3. The molecular weight excluding hydrogens is 292 g/mol. The fraction of sp³-hybridized carbons (Fsp3) is 0.400. The lowest BCUT2D eigenvalue weighted by Gasteiger charge is -2.29. The predicted molar refractivity (Wildman–Crippen MR) is 95.4 cm³/mol. The van der Waals surface area contributed by atoms with Crippen LogP contribution < -0.4 is 4.74 Å². The maximum Gasteiger partial charge on any atom is 0.134 e. The van der Waals surface area contributed by atoms with Crippen LogP contribution >= 0.6 is 11.6 Å². The first-order valence-electron chi connectivity index (χ1n) is 7.66. The van der Waals surface area contributed by atoms with E-state index >= 15 is 0 Å². The van der Waals surface area contributed by atoms with Crippen LogP contribution in [0.15, 0.2) is 42.5 Å². The van der Waals surface area contributed by atoms with E-state index in [4.69, 9.17) is 16.3 Å². The fourth-order valence-electron chi connectivity index (χ4n) is 2.45. The molecule has 0 aliphatic carbocycles. The van der Waals surface area contributed by atoms with Gasteiger partial charge in [-0.1, -0.05) is 71.3 Å². The summed E-state index contributed by atoms with van der Waals surface area (Å²) in [6, 6.07) is 14.0. The normalized spacial score (nSPS) is 12.3. The third-order valence-corrected chi connectivity index (χ3v) is 3.92. The van der Waals surface area contributed by atoms with Crippen molar-refractivity contribution in [1.82, 2.24) is 0 Å². The van der Waals surface area contributed by atoms with E-state index in [0.717, 1.165) is 11.5 Å². The van der Waals surface area contributed by atoms with Crippen LogP contribution in [-0.2, 0) is 10.8 Å². The van der Waals surface area contributed by atoms with Crippen LogP contribution in [0.5, 0.6) is 11.5 Å². The minimum absolute atomic E-state index is 0.0169. The minimum Gasteiger partial charge on any atom is -0.457 e. The SMILES string of the molecule is CC(C)(C)c1cccc(C(C)(C)C)c1Oc1ccc(Cl)cc1. The molecule has 0 radical (unpaired) electrons. The van der Waals surface area contributed by atoms with Crippen molar-refractivity contribution < 1.29 is 4.74 Å². The topological polar surface area (TPSA) is 9.23 Å². The van der Waals surface area contributed by atoms with Gasteiger partial charge in [0.05, 0.1) is 0 Å². The maximum atomic E-state index is 6.29. The van der Waals surface area contributed by atoms with E-state index in [1.807, 2.05) is 24.3 Å². The van der Waals surface area contributed by atoms with Crippen LogP contribution in [0.4, 0.5) is 0 Å². The van der Waals surface area contributed by atoms with Gasteiger partial charge in [-0.05, 0) is 35.1 Å². The summed E-state index contributed by atoms with van der Waals surface area (Å²) in [7, 11) is 0. The van der Waals surface area contributed by atoms with Gasteiger partial charge in [-0.2, -0.15) is 0 Å². The number of rotatable bonds is 2. The summed E-state index contributed by atoms with van der Waals surface area (Å²) < 4.78 is 6.29. The van der Waals surface area contributed by atoms with Crippen molar-refractivity contribution in [2.45, 2.75) is 52.4 Å². The molecule has 0 aliphatic heterocycles. The Hall–Kier alpha value is -1.47. The third kappa shape index (κ3) is 3.84. The first kappa shape index (κ1) is 16.9. The average Bonchev–Trinajstić information content (AvgIpc) is 2.39. The van der Waals surface area contributed by atoms with Crippen molar-refractivity contribution in [3.05, 3.63) is 58.6 Å². The molecule has 22 heavy (non-hydrogen) atoms. The van der Waals surface area contributed by atoms with Gasteiger partial charge in [-0.3, -0.25) is 0 Å². The second-order valence-corrected chi connectivity index (χ2v) is 8.17. The molecule has 0 unspecified atom stereocenters. The number of ether oxygens (including phenoxy) is 1. The summed E-state index contributed by atoms with van der Waals surface area (Å²) >= 11 is 5.97. The number of hydrogen-bond donors (Lipinski definition) is 0. The molecule has 0 bridgehead atoms. The molecule has 0 saturated heterocycles. The van der Waals surface area contributed by atoms with Crippen LogP contribution in [0.25, 0.3) is 0 Å². The van der Waals surface area contributed by atoms with Crippen molar-refractivity contribution in [3.8, 4) is 11.5 Å². The average molecular weight is 317 g/mol. The highest BCUT2D eigenvalue weighted by Crippen LogP contribution is 2.41. The lowest BCUT2D eigenvalue weighted by Crippen LogP contribution is -2.18. The Kier molecular flexibility index (Phi) is 4.58. The molecule has 2 aromatic carbocycles. The fourth-order valence-corrected chi connectivity index (χ4v) is 2.57. The third-order valence-electron chi connectivity index (χ3n) is 3.66. The van der Waals surface area contributed by atoms with Crippen LogP contribution in [0.1, 0.15) is 52.7 Å². The van der Waals surface area contributed by atoms with Crippen molar-refractivity contribution in [3.63, 3.8) is 0 Å². The number of hydrogen-bond acceptors (Lipinski definition) is 1. The lowest BCUT2D eigenvalue weighted by atomic mass is 9.79. The predicted octanol–water partition coefficient (Wildman–Crippen LogP) is 6.73. The van der Waals surface area contributed by atoms with E-state index in [9.17, 15) is 0 Å². The van der Waals surface area contributed by atoms with Gasteiger partial charge in [0.25, 0.3) is 0 Å². The Balaban J connectivity index is 2.57. The summed E-state index contributed by atoms with van der Waals surface area (Å²) in [5, 5.41) is 0.715. The summed E-state index contributed by atoms with van der Waals surface area (Å²) in [5.41, 5.74) is 2.47. The molecule has 1 nitrogen and oxygen atoms in total. The molecule has 2 aromatic rings. The van der Waals surface area contributed by atoms with E-state index in [1.54, 1.807) is 0 Å². The lowest BCUT2D eigenvalue weighted by molar-refractivity contribution is 0.433. The smallest absolute Gasteiger partial charge is 0.134 e. The molecule has 0 spiro atoms. The molecule has 2 heteroatoms. The first-order valence-corrected chi connectivity index (χ1v) is 8.04. The number of benzene rings is 2. The second kappa shape index (κ2) is 5.96. The Bertz CT molecular complexity index is 611. The molecule has 0 N–H and O–H groups in total. The summed E-state index contributed by atoms with van der Waals surface area (Å²) in [5.74, 6) is 1.77. The van der Waals surface area contributed by atoms with Crippen LogP contribution in [0.2, 0.25) is 5.02 Å². The first-order chi connectivity index (χ1) is 10.1. The molecular formula is C20H25ClO. The zero-order valence-corrected chi connectivity index (χ0v) is 15.1. The van der Waals surface area contributed by atoms with Gasteiger partial charge in [-0.25, -0.2) is 0 Å². The number of halogens is 1. The Morgan fingerprint density at radius 2 is 1.18 bits per heavy atom. The van der Waals surface area contributed by atoms with Gasteiger partial charge in [-0.15, -0.1) is 0 Å². The maximum absolute atomic E-state index is 6.29. The molecule has 0 aromatic heterocycles. The van der Waals surface area contributed by atoms with Crippen molar-refractivity contribution >= 4 is 11.6 Å². The highest BCUT2D eigenvalue weighted by Gasteiger charge is 2.26. The summed E-state index contributed by atoms with van der Waals surface area (Å²) in [4.78, 5) is 0. The monoisotopic (exact) mass is 316 g/mol. The van der Waals surface area contributed by atoms with E-state index in [2.05, 4.69) is 59.7 Å². The van der Waals surface area contributed by atoms with Crippen molar-refractivity contribution in [1.29, 1.82) is 0 Å². The second-order valence-electron chi connectivity index (χ2n) is 7.74. The molecule has 0 fully saturated rings. The molecule has 2 rings (SSSR count). The van der Waals surface area contributed by atoms with E-state index < -0.39 is 0 Å². The quantitative estimate of drug-likeness (QED) is 0.597. The Morgan fingerprint density at radius 3 is 1.59 bits per heavy atom. The largest absolute Gasteiger partial charge is 0.457 e. The van der Waals surface area contributed by atoms with Gasteiger partial charge < -0.3 is 4.74 Å². The zero-order chi connectivity index (χ0) is 16.5. The Morgan fingerprint density at radius 1 is 0.727 bits per heavy atom. The van der Waals surface area contributed by atoms with Crippen LogP contribution in [0.3, 0.4) is 0 Å². The van der Waals surface area contributed by atoms with Crippen LogP contribution in [-0.4, -0.2) is 0 Å². The standard InChI is InChI=1S/C20H25ClO/c1-19(2,3)16-8-7-9-17(20(4,5)6)18(16)22-15-12-10-14(21)11-13-15/h7-13H,1-6H3. The van der Waals surface area contributed by atoms with Crippen LogP contribution in [0, 0.1) is 0 Å². The molecule has 0 heterocycles. The molecule has 0 amide bonds. The zero-order valence-electron chi connectivity index (χ0n) is 14.3.